The fourth-order valence-electron chi connectivity index (χ4n) is 2.55. The zero-order valence-electron chi connectivity index (χ0n) is 11.3. The summed E-state index contributed by atoms with van der Waals surface area (Å²) in [7, 11) is 0. The van der Waals surface area contributed by atoms with Crippen molar-refractivity contribution in [3.05, 3.63) is 23.2 Å². The van der Waals surface area contributed by atoms with E-state index >= 15 is 0 Å². The minimum Gasteiger partial charge on any atom is -0.456 e. The van der Waals surface area contributed by atoms with Crippen molar-refractivity contribution in [2.75, 3.05) is 6.54 Å². The van der Waals surface area contributed by atoms with Gasteiger partial charge >= 0.3 is 6.18 Å². The second-order valence-electron chi connectivity index (χ2n) is 5.22. The quantitative estimate of drug-likeness (QED) is 0.864. The number of nitrogens with zero attached hydrogens (tertiary/aromatic N) is 1. The maximum Gasteiger partial charge on any atom is 0.408 e. The highest BCUT2D eigenvalue weighted by atomic mass is 19.4. The highest BCUT2D eigenvalue weighted by Crippen LogP contribution is 2.33. The van der Waals surface area contributed by atoms with Gasteiger partial charge in [-0.2, -0.15) is 13.2 Å². The monoisotopic (exact) mass is 290 g/mol. The number of alkyl halides is 3. The third kappa shape index (κ3) is 2.82. The van der Waals surface area contributed by atoms with Crippen LogP contribution in [0.1, 0.15) is 34.7 Å². The highest BCUT2D eigenvalue weighted by Gasteiger charge is 2.48. The Morgan fingerprint density at radius 1 is 1.40 bits per heavy atom. The van der Waals surface area contributed by atoms with E-state index in [4.69, 9.17) is 10.2 Å². The van der Waals surface area contributed by atoms with E-state index in [2.05, 4.69) is 0 Å². The number of halogens is 3. The highest BCUT2D eigenvalue weighted by molar-refractivity contribution is 5.93. The summed E-state index contributed by atoms with van der Waals surface area (Å²) in [6, 6.07) is -0.604. The first kappa shape index (κ1) is 14.9. The summed E-state index contributed by atoms with van der Waals surface area (Å²) in [6.07, 6.45) is -4.37. The van der Waals surface area contributed by atoms with Crippen molar-refractivity contribution >= 4 is 5.91 Å². The third-order valence-electron chi connectivity index (χ3n) is 3.49. The van der Waals surface area contributed by atoms with E-state index in [9.17, 15) is 18.0 Å². The first-order valence-electron chi connectivity index (χ1n) is 6.40. The molecular weight excluding hydrogens is 273 g/mol. The van der Waals surface area contributed by atoms with E-state index in [0.29, 0.717) is 11.3 Å². The number of amides is 1. The van der Waals surface area contributed by atoms with Crippen LogP contribution in [0.4, 0.5) is 13.2 Å². The van der Waals surface area contributed by atoms with Crippen LogP contribution in [0.3, 0.4) is 0 Å². The van der Waals surface area contributed by atoms with Crippen molar-refractivity contribution in [3.8, 4) is 0 Å². The number of furan rings is 1. The molecule has 2 atom stereocenters. The average Bonchev–Trinajstić information content (AvgIpc) is 2.65. The van der Waals surface area contributed by atoms with Gasteiger partial charge in [0.25, 0.3) is 5.91 Å². The van der Waals surface area contributed by atoms with Crippen LogP contribution in [-0.2, 0) is 0 Å². The summed E-state index contributed by atoms with van der Waals surface area (Å²) in [5.74, 6) is -0.283. The van der Waals surface area contributed by atoms with Gasteiger partial charge in [0.2, 0.25) is 0 Å². The molecule has 1 aromatic heterocycles. The molecule has 1 fully saturated rings. The van der Waals surface area contributed by atoms with Crippen LogP contribution in [0.2, 0.25) is 0 Å². The van der Waals surface area contributed by atoms with Crippen molar-refractivity contribution in [2.24, 2.45) is 5.73 Å². The predicted octanol–water partition coefficient (Wildman–Crippen LogP) is 2.39. The van der Waals surface area contributed by atoms with E-state index < -0.39 is 24.2 Å². The van der Waals surface area contributed by atoms with Crippen LogP contribution in [0.15, 0.2) is 10.5 Å². The van der Waals surface area contributed by atoms with Gasteiger partial charge in [0.1, 0.15) is 11.8 Å². The summed E-state index contributed by atoms with van der Waals surface area (Å²) in [6.45, 7) is 3.17. The van der Waals surface area contributed by atoms with Crippen LogP contribution in [-0.4, -0.2) is 35.6 Å². The molecule has 0 aromatic carbocycles. The van der Waals surface area contributed by atoms with E-state index in [-0.39, 0.29) is 25.1 Å². The van der Waals surface area contributed by atoms with E-state index in [1.807, 2.05) is 0 Å². The van der Waals surface area contributed by atoms with Crippen molar-refractivity contribution in [1.29, 1.82) is 0 Å². The molecule has 0 saturated carbocycles. The Labute approximate surface area is 114 Å². The Hall–Kier alpha value is -1.50. The molecule has 2 unspecified atom stereocenters. The molecule has 0 bridgehead atoms. The van der Waals surface area contributed by atoms with E-state index in [1.165, 1.54) is 0 Å². The van der Waals surface area contributed by atoms with Gasteiger partial charge in [0.05, 0.1) is 0 Å². The number of carbonyl (C=O) groups is 1. The molecule has 2 heterocycles. The van der Waals surface area contributed by atoms with E-state index in [0.717, 1.165) is 4.90 Å². The van der Waals surface area contributed by atoms with Crippen LogP contribution in [0.25, 0.3) is 0 Å². The van der Waals surface area contributed by atoms with E-state index in [1.54, 1.807) is 19.9 Å². The summed E-state index contributed by atoms with van der Waals surface area (Å²) >= 11 is 0. The molecule has 2 rings (SSSR count). The molecule has 1 aromatic rings. The van der Waals surface area contributed by atoms with Gasteiger partial charge in [-0.15, -0.1) is 0 Å². The third-order valence-corrected chi connectivity index (χ3v) is 3.49. The Kier molecular flexibility index (Phi) is 3.82. The standard InChI is InChI=1S/C13H17F3N2O2/c1-7-5-8(2)20-11(7)12(19)18-6-9(17)3-4-10(18)13(14,15)16/h5,9-10H,3-4,6,17H2,1-2H3. The van der Waals surface area contributed by atoms with Crippen molar-refractivity contribution in [1.82, 2.24) is 4.90 Å². The normalized spacial score (nSPS) is 24.0. The number of piperidine rings is 1. The molecule has 0 aliphatic carbocycles. The fourth-order valence-corrected chi connectivity index (χ4v) is 2.55. The van der Waals surface area contributed by atoms with Crippen LogP contribution >= 0.6 is 0 Å². The number of nitrogens with two attached hydrogens (primary N) is 1. The molecule has 4 nitrogen and oxygen atoms in total. The lowest BCUT2D eigenvalue weighted by Crippen LogP contribution is -2.56. The van der Waals surface area contributed by atoms with Gasteiger partial charge in [-0.3, -0.25) is 4.79 Å². The first-order valence-corrected chi connectivity index (χ1v) is 6.40. The molecule has 2 N–H and O–H groups in total. The van der Waals surface area contributed by atoms with Gasteiger partial charge in [-0.05, 0) is 32.8 Å². The molecule has 7 heteroatoms. The molecule has 112 valence electrons. The largest absolute Gasteiger partial charge is 0.456 e. The Morgan fingerprint density at radius 2 is 2.05 bits per heavy atom. The number of likely N-dealkylation sites (tertiary alicyclic amines) is 1. The summed E-state index contributed by atoms with van der Waals surface area (Å²) < 4.78 is 44.3. The topological polar surface area (TPSA) is 59.5 Å². The summed E-state index contributed by atoms with van der Waals surface area (Å²) in [5, 5.41) is 0. The molecule has 20 heavy (non-hydrogen) atoms. The molecule has 1 saturated heterocycles. The minimum atomic E-state index is -4.45. The number of hydrogen-bond donors (Lipinski definition) is 1. The zero-order valence-corrected chi connectivity index (χ0v) is 11.3. The SMILES string of the molecule is Cc1cc(C)c(C(=O)N2CC(N)CCC2C(F)(F)F)o1. The van der Waals surface area contributed by atoms with Gasteiger partial charge < -0.3 is 15.1 Å². The van der Waals surface area contributed by atoms with Gasteiger partial charge in [0.15, 0.2) is 5.76 Å². The predicted molar refractivity (Wildman–Crippen MR) is 66.3 cm³/mol. The molecule has 1 aliphatic rings. The van der Waals surface area contributed by atoms with Crippen LogP contribution < -0.4 is 5.73 Å². The Bertz CT molecular complexity index is 510. The Balaban J connectivity index is 2.31. The summed E-state index contributed by atoms with van der Waals surface area (Å²) in [5.41, 5.74) is 6.23. The number of aryl methyl sites for hydroxylation is 2. The minimum absolute atomic E-state index is 0.0362. The van der Waals surface area contributed by atoms with Crippen LogP contribution in [0, 0.1) is 13.8 Å². The van der Waals surface area contributed by atoms with Crippen molar-refractivity contribution < 1.29 is 22.4 Å². The van der Waals surface area contributed by atoms with Crippen molar-refractivity contribution in [3.63, 3.8) is 0 Å². The smallest absolute Gasteiger partial charge is 0.408 e. The molecule has 1 aliphatic heterocycles. The molecule has 1 amide bonds. The number of rotatable bonds is 1. The van der Waals surface area contributed by atoms with Crippen molar-refractivity contribution in [2.45, 2.75) is 44.9 Å². The zero-order chi connectivity index (χ0) is 15.1. The number of hydrogen-bond acceptors (Lipinski definition) is 3. The van der Waals surface area contributed by atoms with Gasteiger partial charge in [-0.25, -0.2) is 0 Å². The molecule has 0 radical (unpaired) electrons. The second kappa shape index (κ2) is 5.12. The van der Waals surface area contributed by atoms with Gasteiger partial charge in [-0.1, -0.05) is 0 Å². The maximum atomic E-state index is 13.0. The molecule has 0 spiro atoms. The average molecular weight is 290 g/mol. The maximum absolute atomic E-state index is 13.0. The lowest BCUT2D eigenvalue weighted by molar-refractivity contribution is -0.184. The second-order valence-corrected chi connectivity index (χ2v) is 5.22. The lowest BCUT2D eigenvalue weighted by Gasteiger charge is -2.38. The lowest BCUT2D eigenvalue weighted by atomic mass is 9.97. The summed E-state index contributed by atoms with van der Waals surface area (Å²) in [4.78, 5) is 13.1. The van der Waals surface area contributed by atoms with Crippen LogP contribution in [0.5, 0.6) is 0 Å². The van der Waals surface area contributed by atoms with Gasteiger partial charge in [0, 0.05) is 18.2 Å². The first-order chi connectivity index (χ1) is 9.20. The Morgan fingerprint density at radius 3 is 2.55 bits per heavy atom. The number of carbonyl (C=O) groups excluding carboxylic acids is 1. The molecular formula is C13H17F3N2O2. The fraction of sp³-hybridized carbons (Fsp3) is 0.615.